The van der Waals surface area contributed by atoms with Crippen molar-refractivity contribution in [2.45, 2.75) is 46.6 Å². The molecular formula is C27H32N4O2. The Morgan fingerprint density at radius 3 is 2.55 bits per heavy atom. The van der Waals surface area contributed by atoms with Crippen molar-refractivity contribution in [1.82, 2.24) is 15.3 Å². The summed E-state index contributed by atoms with van der Waals surface area (Å²) in [6, 6.07) is 14.2. The minimum Gasteiger partial charge on any atom is -0.436 e. The fraction of sp³-hybridized carbons (Fsp3) is 0.370. The van der Waals surface area contributed by atoms with E-state index in [9.17, 15) is 4.79 Å². The quantitative estimate of drug-likeness (QED) is 0.560. The Morgan fingerprint density at radius 1 is 1.06 bits per heavy atom. The van der Waals surface area contributed by atoms with Gasteiger partial charge in [-0.1, -0.05) is 41.5 Å². The summed E-state index contributed by atoms with van der Waals surface area (Å²) >= 11 is 0. The second-order valence-electron chi connectivity index (χ2n) is 8.98. The molecule has 2 atom stereocenters. The summed E-state index contributed by atoms with van der Waals surface area (Å²) in [5, 5.41) is 3.23. The van der Waals surface area contributed by atoms with Crippen molar-refractivity contribution in [2.24, 2.45) is 5.92 Å². The van der Waals surface area contributed by atoms with E-state index in [1.807, 2.05) is 38.1 Å². The summed E-state index contributed by atoms with van der Waals surface area (Å²) in [6.45, 7) is 9.68. The zero-order valence-electron chi connectivity index (χ0n) is 19.8. The van der Waals surface area contributed by atoms with E-state index < -0.39 is 0 Å². The highest BCUT2D eigenvalue weighted by molar-refractivity contribution is 5.80. The van der Waals surface area contributed by atoms with Crippen molar-refractivity contribution in [1.29, 1.82) is 0 Å². The van der Waals surface area contributed by atoms with Crippen LogP contribution >= 0.6 is 0 Å². The zero-order chi connectivity index (χ0) is 23.4. The highest BCUT2D eigenvalue weighted by atomic mass is 16.5. The van der Waals surface area contributed by atoms with Crippen LogP contribution in [-0.4, -0.2) is 29.0 Å². The molecule has 2 heterocycles. The van der Waals surface area contributed by atoms with Crippen LogP contribution in [0.5, 0.6) is 11.6 Å². The van der Waals surface area contributed by atoms with E-state index in [4.69, 9.17) is 4.74 Å². The molecule has 33 heavy (non-hydrogen) atoms. The number of piperidine rings is 1. The first-order valence-electron chi connectivity index (χ1n) is 11.6. The first-order chi connectivity index (χ1) is 15.9. The Balaban J connectivity index is 1.45. The van der Waals surface area contributed by atoms with Gasteiger partial charge < -0.3 is 15.0 Å². The number of aromatic nitrogens is 2. The maximum absolute atomic E-state index is 13.1. The molecule has 1 aliphatic rings. The van der Waals surface area contributed by atoms with Gasteiger partial charge in [-0.25, -0.2) is 9.97 Å². The summed E-state index contributed by atoms with van der Waals surface area (Å²) in [6.07, 6.45) is 5.07. The fourth-order valence-electron chi connectivity index (χ4n) is 4.43. The monoisotopic (exact) mass is 444 g/mol. The van der Waals surface area contributed by atoms with Crippen LogP contribution in [0.25, 0.3) is 0 Å². The number of carbonyl (C=O) groups excluding carboxylic acids is 1. The maximum atomic E-state index is 13.1. The third-order valence-electron chi connectivity index (χ3n) is 6.22. The number of amides is 1. The topological polar surface area (TPSA) is 67.4 Å². The van der Waals surface area contributed by atoms with Gasteiger partial charge in [-0.2, -0.15) is 0 Å². The molecule has 0 bridgehead atoms. The van der Waals surface area contributed by atoms with Crippen LogP contribution in [0.15, 0.2) is 54.9 Å². The van der Waals surface area contributed by atoms with Gasteiger partial charge in [0.05, 0.1) is 12.0 Å². The van der Waals surface area contributed by atoms with Crippen LogP contribution in [0.2, 0.25) is 0 Å². The van der Waals surface area contributed by atoms with E-state index in [1.165, 1.54) is 16.7 Å². The Bertz CT molecular complexity index is 1110. The lowest BCUT2D eigenvalue weighted by atomic mass is 9.95. The van der Waals surface area contributed by atoms with Gasteiger partial charge in [-0.05, 0) is 63.8 Å². The van der Waals surface area contributed by atoms with Gasteiger partial charge in [-0.3, -0.25) is 4.79 Å². The average Bonchev–Trinajstić information content (AvgIpc) is 2.81. The molecule has 0 unspecified atom stereocenters. The number of anilines is 1. The summed E-state index contributed by atoms with van der Waals surface area (Å²) in [5.74, 6) is 1.83. The molecule has 0 saturated carbocycles. The van der Waals surface area contributed by atoms with Crippen molar-refractivity contribution in [3.05, 3.63) is 77.1 Å². The van der Waals surface area contributed by atoms with Gasteiger partial charge in [0.15, 0.2) is 5.82 Å². The molecule has 0 spiro atoms. The lowest BCUT2D eigenvalue weighted by Crippen LogP contribution is -2.44. The Labute approximate surface area is 196 Å². The number of aryl methyl sites for hydroxylation is 3. The van der Waals surface area contributed by atoms with Gasteiger partial charge >= 0.3 is 0 Å². The highest BCUT2D eigenvalue weighted by Gasteiger charge is 2.29. The van der Waals surface area contributed by atoms with E-state index in [1.54, 1.807) is 12.4 Å². The maximum Gasteiger partial charge on any atom is 0.263 e. The Kier molecular flexibility index (Phi) is 6.92. The molecule has 1 saturated heterocycles. The SMILES string of the molecule is Cc1ccc(Oc2nccnc2N2CCC[C@@H](C(=O)N[C@H](C)c3ccc(C)cc3C)C2)cc1. The van der Waals surface area contributed by atoms with Gasteiger partial charge in [0.2, 0.25) is 5.91 Å². The van der Waals surface area contributed by atoms with E-state index >= 15 is 0 Å². The van der Waals surface area contributed by atoms with Crippen LogP contribution in [0.4, 0.5) is 5.82 Å². The lowest BCUT2D eigenvalue weighted by molar-refractivity contribution is -0.125. The van der Waals surface area contributed by atoms with Crippen molar-refractivity contribution in [3.63, 3.8) is 0 Å². The van der Waals surface area contributed by atoms with Gasteiger partial charge in [-0.15, -0.1) is 0 Å². The number of rotatable bonds is 6. The number of nitrogens with one attached hydrogen (secondary N) is 1. The summed E-state index contributed by atoms with van der Waals surface area (Å²) in [5.41, 5.74) is 4.75. The largest absolute Gasteiger partial charge is 0.436 e. The van der Waals surface area contributed by atoms with Crippen LogP contribution < -0.4 is 15.0 Å². The molecule has 4 rings (SSSR count). The normalized spacial score (nSPS) is 16.8. The standard InChI is InChI=1S/C27H32N4O2/c1-18-7-10-23(11-8-18)33-27-25(28-13-14-29-27)31-15-5-6-22(17-31)26(32)30-21(4)24-12-9-19(2)16-20(24)3/h7-14,16,21-22H,5-6,15,17H2,1-4H3,(H,30,32)/t21-,22-/m1/s1. The van der Waals surface area contributed by atoms with Crippen molar-refractivity contribution < 1.29 is 9.53 Å². The van der Waals surface area contributed by atoms with Crippen molar-refractivity contribution in [2.75, 3.05) is 18.0 Å². The molecule has 1 aromatic heterocycles. The Morgan fingerprint density at radius 2 is 1.79 bits per heavy atom. The van der Waals surface area contributed by atoms with Crippen LogP contribution in [0.3, 0.4) is 0 Å². The number of benzene rings is 2. The second-order valence-corrected chi connectivity index (χ2v) is 8.98. The highest BCUT2D eigenvalue weighted by Crippen LogP contribution is 2.31. The fourth-order valence-corrected chi connectivity index (χ4v) is 4.43. The second kappa shape index (κ2) is 10.0. The number of ether oxygens (including phenoxy) is 1. The van der Waals surface area contributed by atoms with Crippen molar-refractivity contribution >= 4 is 11.7 Å². The van der Waals surface area contributed by atoms with E-state index in [0.717, 1.165) is 30.7 Å². The lowest BCUT2D eigenvalue weighted by Gasteiger charge is -2.33. The third kappa shape index (κ3) is 5.51. The first-order valence-corrected chi connectivity index (χ1v) is 11.6. The van der Waals surface area contributed by atoms with Crippen LogP contribution in [0, 0.1) is 26.7 Å². The molecular weight excluding hydrogens is 412 g/mol. The summed E-state index contributed by atoms with van der Waals surface area (Å²) in [4.78, 5) is 24.2. The summed E-state index contributed by atoms with van der Waals surface area (Å²) < 4.78 is 6.04. The third-order valence-corrected chi connectivity index (χ3v) is 6.22. The van der Waals surface area contributed by atoms with Gasteiger partial charge in [0, 0.05) is 25.5 Å². The molecule has 3 aromatic rings. The molecule has 1 N–H and O–H groups in total. The van der Waals surface area contributed by atoms with E-state index in [0.29, 0.717) is 18.2 Å². The molecule has 1 aliphatic heterocycles. The number of nitrogens with zero attached hydrogens (tertiary/aromatic N) is 3. The smallest absolute Gasteiger partial charge is 0.263 e. The average molecular weight is 445 g/mol. The first kappa shape index (κ1) is 22.8. The van der Waals surface area contributed by atoms with Gasteiger partial charge in [0.25, 0.3) is 5.88 Å². The molecule has 2 aromatic carbocycles. The molecule has 0 radical (unpaired) electrons. The number of hydrogen-bond donors (Lipinski definition) is 1. The molecule has 0 aliphatic carbocycles. The molecule has 6 heteroatoms. The number of carbonyl (C=O) groups is 1. The van der Waals surface area contributed by atoms with Crippen LogP contribution in [0.1, 0.15) is 48.1 Å². The summed E-state index contributed by atoms with van der Waals surface area (Å²) in [7, 11) is 0. The number of hydrogen-bond acceptors (Lipinski definition) is 5. The van der Waals surface area contributed by atoms with E-state index in [-0.39, 0.29) is 17.9 Å². The predicted octanol–water partition coefficient (Wildman–Crippen LogP) is 5.29. The predicted molar refractivity (Wildman–Crippen MR) is 131 cm³/mol. The van der Waals surface area contributed by atoms with Gasteiger partial charge in [0.1, 0.15) is 5.75 Å². The van der Waals surface area contributed by atoms with E-state index in [2.05, 4.69) is 52.2 Å². The molecule has 6 nitrogen and oxygen atoms in total. The molecule has 1 fully saturated rings. The molecule has 172 valence electrons. The Hall–Kier alpha value is -3.41. The zero-order valence-corrected chi connectivity index (χ0v) is 19.8. The minimum absolute atomic E-state index is 0.0366. The minimum atomic E-state index is -0.110. The molecule has 1 amide bonds. The van der Waals surface area contributed by atoms with Crippen LogP contribution in [-0.2, 0) is 4.79 Å². The van der Waals surface area contributed by atoms with Crippen molar-refractivity contribution in [3.8, 4) is 11.6 Å².